The Hall–Kier alpha value is -1.60. The van der Waals surface area contributed by atoms with Gasteiger partial charge in [0.05, 0.1) is 11.3 Å². The molecule has 1 fully saturated rings. The Kier molecular flexibility index (Phi) is 4.12. The zero-order valence-electron chi connectivity index (χ0n) is 11.3. The number of halogens is 1. The summed E-state index contributed by atoms with van der Waals surface area (Å²) in [6, 6.07) is 5.02. The molecule has 3 rings (SSSR count). The second-order valence-electron chi connectivity index (χ2n) is 4.90. The van der Waals surface area contributed by atoms with E-state index in [9.17, 15) is 9.18 Å². The molecule has 0 unspecified atom stereocenters. The largest absolute Gasteiger partial charge is 0.481 e. The van der Waals surface area contributed by atoms with Crippen LogP contribution in [-0.2, 0) is 9.53 Å². The lowest BCUT2D eigenvalue weighted by molar-refractivity contribution is -0.133. The van der Waals surface area contributed by atoms with Crippen molar-refractivity contribution in [2.24, 2.45) is 0 Å². The summed E-state index contributed by atoms with van der Waals surface area (Å²) in [4.78, 5) is 15.1. The van der Waals surface area contributed by atoms with E-state index in [0.29, 0.717) is 23.9 Å². The summed E-state index contributed by atoms with van der Waals surface area (Å²) in [5.74, 6) is -1.38. The number of carboxylic acids is 1. The molecule has 1 aromatic heterocycles. The van der Waals surface area contributed by atoms with Crippen LogP contribution in [-0.4, -0.2) is 39.6 Å². The van der Waals surface area contributed by atoms with E-state index in [1.54, 1.807) is 6.07 Å². The van der Waals surface area contributed by atoms with Crippen LogP contribution < -0.4 is 0 Å². The molecule has 0 atom stereocenters. The van der Waals surface area contributed by atoms with Gasteiger partial charge in [-0.25, -0.2) is 9.37 Å². The van der Waals surface area contributed by atoms with Gasteiger partial charge in [-0.05, 0) is 25.0 Å². The molecule has 5 nitrogen and oxygen atoms in total. The van der Waals surface area contributed by atoms with E-state index < -0.39 is 5.97 Å². The van der Waals surface area contributed by atoms with Crippen molar-refractivity contribution >= 4 is 28.8 Å². The van der Waals surface area contributed by atoms with E-state index in [4.69, 9.17) is 9.84 Å². The SMILES string of the molecule is O=C(O)CSc1nc2c(F)cccc2n1C1CCOCC1. The van der Waals surface area contributed by atoms with Crippen molar-refractivity contribution in [2.75, 3.05) is 19.0 Å². The van der Waals surface area contributed by atoms with Gasteiger partial charge in [-0.15, -0.1) is 0 Å². The van der Waals surface area contributed by atoms with Crippen molar-refractivity contribution in [3.63, 3.8) is 0 Å². The molecule has 0 amide bonds. The third kappa shape index (κ3) is 2.89. The Bertz CT molecular complexity index is 668. The van der Waals surface area contributed by atoms with Crippen LogP contribution in [0, 0.1) is 5.82 Å². The van der Waals surface area contributed by atoms with Crippen LogP contribution in [0.15, 0.2) is 23.4 Å². The Morgan fingerprint density at radius 1 is 1.48 bits per heavy atom. The fourth-order valence-corrected chi connectivity index (χ4v) is 3.38. The van der Waals surface area contributed by atoms with Crippen molar-refractivity contribution < 1.29 is 19.0 Å². The number of rotatable bonds is 4. The number of thioether (sulfide) groups is 1. The summed E-state index contributed by atoms with van der Waals surface area (Å²) >= 11 is 1.13. The molecular weight excluding hydrogens is 295 g/mol. The van der Waals surface area contributed by atoms with E-state index >= 15 is 0 Å². The Morgan fingerprint density at radius 3 is 2.95 bits per heavy atom. The number of carbonyl (C=O) groups is 1. The summed E-state index contributed by atoms with van der Waals surface area (Å²) < 4.78 is 21.2. The van der Waals surface area contributed by atoms with Crippen LogP contribution in [0.4, 0.5) is 4.39 Å². The van der Waals surface area contributed by atoms with Gasteiger partial charge in [0.1, 0.15) is 5.52 Å². The molecule has 21 heavy (non-hydrogen) atoms. The fourth-order valence-electron chi connectivity index (χ4n) is 2.59. The number of benzene rings is 1. The van der Waals surface area contributed by atoms with Gasteiger partial charge in [-0.2, -0.15) is 0 Å². The number of nitrogens with zero attached hydrogens (tertiary/aromatic N) is 2. The van der Waals surface area contributed by atoms with Gasteiger partial charge >= 0.3 is 5.97 Å². The van der Waals surface area contributed by atoms with Crippen molar-refractivity contribution in [1.29, 1.82) is 0 Å². The van der Waals surface area contributed by atoms with Crippen molar-refractivity contribution in [2.45, 2.75) is 24.0 Å². The van der Waals surface area contributed by atoms with E-state index in [0.717, 1.165) is 30.1 Å². The first-order valence-electron chi connectivity index (χ1n) is 6.75. The third-order valence-corrected chi connectivity index (χ3v) is 4.46. The van der Waals surface area contributed by atoms with Crippen LogP contribution in [0.5, 0.6) is 0 Å². The molecule has 2 heterocycles. The summed E-state index contributed by atoms with van der Waals surface area (Å²) in [7, 11) is 0. The first kappa shape index (κ1) is 14.3. The molecule has 7 heteroatoms. The molecular formula is C14H15FN2O3S. The average Bonchev–Trinajstić information content (AvgIpc) is 2.86. The fraction of sp³-hybridized carbons (Fsp3) is 0.429. The molecule has 0 aliphatic carbocycles. The second-order valence-corrected chi connectivity index (χ2v) is 5.84. The first-order chi connectivity index (χ1) is 10.2. The van der Waals surface area contributed by atoms with E-state index in [-0.39, 0.29) is 17.6 Å². The lowest BCUT2D eigenvalue weighted by Crippen LogP contribution is -2.20. The van der Waals surface area contributed by atoms with E-state index in [1.165, 1.54) is 6.07 Å². The summed E-state index contributed by atoms with van der Waals surface area (Å²) in [5.41, 5.74) is 1.02. The van der Waals surface area contributed by atoms with Gasteiger partial charge in [-0.1, -0.05) is 17.8 Å². The van der Waals surface area contributed by atoms with Crippen molar-refractivity contribution in [1.82, 2.24) is 9.55 Å². The standard InChI is InChI=1S/C14H15FN2O3S/c15-10-2-1-3-11-13(10)16-14(21-8-12(18)19)17(11)9-4-6-20-7-5-9/h1-3,9H,4-8H2,(H,18,19). The predicted molar refractivity (Wildman–Crippen MR) is 77.1 cm³/mol. The maximum absolute atomic E-state index is 13.9. The number of fused-ring (bicyclic) bond motifs is 1. The third-order valence-electron chi connectivity index (χ3n) is 3.52. The minimum atomic E-state index is -0.911. The minimum Gasteiger partial charge on any atom is -0.481 e. The molecule has 112 valence electrons. The van der Waals surface area contributed by atoms with Crippen LogP contribution in [0.25, 0.3) is 11.0 Å². The highest BCUT2D eigenvalue weighted by molar-refractivity contribution is 7.99. The molecule has 1 aliphatic rings. The van der Waals surface area contributed by atoms with Crippen LogP contribution in [0.2, 0.25) is 0 Å². The van der Waals surface area contributed by atoms with Crippen LogP contribution in [0.3, 0.4) is 0 Å². The topological polar surface area (TPSA) is 64.3 Å². The summed E-state index contributed by atoms with van der Waals surface area (Å²) in [6.45, 7) is 1.31. The summed E-state index contributed by atoms with van der Waals surface area (Å²) in [6.07, 6.45) is 1.64. The highest BCUT2D eigenvalue weighted by Gasteiger charge is 2.23. The van der Waals surface area contributed by atoms with Gasteiger partial charge in [0.2, 0.25) is 0 Å². The predicted octanol–water partition coefficient (Wildman–Crippen LogP) is 2.70. The summed E-state index contributed by atoms with van der Waals surface area (Å²) in [5, 5.41) is 9.41. The van der Waals surface area contributed by atoms with Gasteiger partial charge in [-0.3, -0.25) is 4.79 Å². The number of para-hydroxylation sites is 1. The number of imidazole rings is 1. The van der Waals surface area contributed by atoms with Crippen LogP contribution >= 0.6 is 11.8 Å². The maximum atomic E-state index is 13.9. The monoisotopic (exact) mass is 310 g/mol. The highest BCUT2D eigenvalue weighted by atomic mass is 32.2. The average molecular weight is 310 g/mol. The molecule has 1 aromatic carbocycles. The van der Waals surface area contributed by atoms with Gasteiger partial charge in [0, 0.05) is 19.3 Å². The molecule has 1 aliphatic heterocycles. The number of aliphatic carboxylic acids is 1. The molecule has 2 aromatic rings. The molecule has 0 bridgehead atoms. The maximum Gasteiger partial charge on any atom is 0.313 e. The lowest BCUT2D eigenvalue weighted by atomic mass is 10.1. The van der Waals surface area contributed by atoms with Gasteiger partial charge in [0.15, 0.2) is 11.0 Å². The Morgan fingerprint density at radius 2 is 2.24 bits per heavy atom. The molecule has 0 spiro atoms. The normalized spacial score (nSPS) is 16.4. The molecule has 1 saturated heterocycles. The first-order valence-corrected chi connectivity index (χ1v) is 7.74. The highest BCUT2D eigenvalue weighted by Crippen LogP contribution is 2.33. The van der Waals surface area contributed by atoms with Gasteiger partial charge < -0.3 is 14.4 Å². The van der Waals surface area contributed by atoms with Crippen molar-refractivity contribution in [3.8, 4) is 0 Å². The Labute approximate surface area is 125 Å². The Balaban J connectivity index is 2.06. The number of hydrogen-bond donors (Lipinski definition) is 1. The smallest absolute Gasteiger partial charge is 0.313 e. The minimum absolute atomic E-state index is 0.0891. The van der Waals surface area contributed by atoms with Crippen molar-refractivity contribution in [3.05, 3.63) is 24.0 Å². The zero-order valence-corrected chi connectivity index (χ0v) is 12.1. The lowest BCUT2D eigenvalue weighted by Gasteiger charge is -2.25. The van der Waals surface area contributed by atoms with Crippen LogP contribution in [0.1, 0.15) is 18.9 Å². The number of hydrogen-bond acceptors (Lipinski definition) is 4. The van der Waals surface area contributed by atoms with Gasteiger partial charge in [0.25, 0.3) is 0 Å². The zero-order chi connectivity index (χ0) is 14.8. The molecule has 1 N–H and O–H groups in total. The molecule has 0 radical (unpaired) electrons. The molecule has 0 saturated carbocycles. The number of aromatic nitrogens is 2. The second kappa shape index (κ2) is 6.03. The van der Waals surface area contributed by atoms with E-state index in [1.807, 2.05) is 10.6 Å². The number of carboxylic acid groups (broad SMARTS) is 1. The number of ether oxygens (including phenoxy) is 1. The van der Waals surface area contributed by atoms with E-state index in [2.05, 4.69) is 4.98 Å². The quantitative estimate of drug-likeness (QED) is 0.880.